The number of carbonyl (C=O) groups is 1. The van der Waals surface area contributed by atoms with Crippen LogP contribution in [0, 0.1) is 0 Å². The van der Waals surface area contributed by atoms with E-state index in [2.05, 4.69) is 9.80 Å². The van der Waals surface area contributed by atoms with Gasteiger partial charge in [-0.1, -0.05) is 12.8 Å². The Balaban J connectivity index is 1.79. The van der Waals surface area contributed by atoms with Gasteiger partial charge in [-0.2, -0.15) is 0 Å². The molecule has 0 N–H and O–H groups in total. The number of nitrogens with zero attached hydrogens (tertiary/aromatic N) is 2. The first-order valence-electron chi connectivity index (χ1n) is 6.67. The summed E-state index contributed by atoms with van der Waals surface area (Å²) in [5.41, 5.74) is 0. The van der Waals surface area contributed by atoms with Gasteiger partial charge in [0.05, 0.1) is 6.04 Å². The predicted octanol–water partition coefficient (Wildman–Crippen LogP) is 1.52. The van der Waals surface area contributed by atoms with Crippen molar-refractivity contribution in [3.8, 4) is 0 Å². The lowest BCUT2D eigenvalue weighted by atomic mass is 10.1. The van der Waals surface area contributed by atoms with Crippen LogP contribution >= 0.6 is 0 Å². The van der Waals surface area contributed by atoms with E-state index >= 15 is 0 Å². The minimum absolute atomic E-state index is 0.116. The summed E-state index contributed by atoms with van der Waals surface area (Å²) in [6.07, 6.45) is 5.61. The molecule has 1 heterocycles. The van der Waals surface area contributed by atoms with Crippen LogP contribution in [0.15, 0.2) is 0 Å². The van der Waals surface area contributed by atoms with Gasteiger partial charge in [0.1, 0.15) is 5.78 Å². The molecule has 0 aromatic heterocycles. The topological polar surface area (TPSA) is 23.6 Å². The zero-order chi connectivity index (χ0) is 11.5. The number of carbonyl (C=O) groups excluding carboxylic acids is 1. The van der Waals surface area contributed by atoms with Crippen molar-refractivity contribution in [2.45, 2.75) is 51.6 Å². The summed E-state index contributed by atoms with van der Waals surface area (Å²) < 4.78 is 0. The highest BCUT2D eigenvalue weighted by Gasteiger charge is 2.28. The average Bonchev–Trinajstić information content (AvgIpc) is 2.81. The van der Waals surface area contributed by atoms with Crippen molar-refractivity contribution in [3.63, 3.8) is 0 Å². The van der Waals surface area contributed by atoms with Crippen LogP contribution in [0.4, 0.5) is 0 Å². The third-order valence-electron chi connectivity index (χ3n) is 4.33. The van der Waals surface area contributed by atoms with E-state index in [-0.39, 0.29) is 6.04 Å². The van der Waals surface area contributed by atoms with Gasteiger partial charge in [0.2, 0.25) is 0 Å². The number of hydrogen-bond acceptors (Lipinski definition) is 3. The van der Waals surface area contributed by atoms with Gasteiger partial charge in [-0.15, -0.1) is 0 Å². The highest BCUT2D eigenvalue weighted by molar-refractivity contribution is 5.80. The molecule has 0 bridgehead atoms. The van der Waals surface area contributed by atoms with Gasteiger partial charge in [-0.05, 0) is 26.7 Å². The SMILES string of the molecule is CC(=O)C(C)N1CCN(C2CCCC2)CC1. The number of hydrogen-bond donors (Lipinski definition) is 0. The fourth-order valence-corrected chi connectivity index (χ4v) is 3.02. The van der Waals surface area contributed by atoms with Crippen molar-refractivity contribution < 1.29 is 4.79 Å². The molecule has 0 aromatic carbocycles. The molecule has 0 spiro atoms. The lowest BCUT2D eigenvalue weighted by Crippen LogP contribution is -2.53. The minimum Gasteiger partial charge on any atom is -0.298 e. The molecule has 92 valence electrons. The van der Waals surface area contributed by atoms with E-state index in [1.165, 1.54) is 25.7 Å². The molecule has 0 radical (unpaired) electrons. The fourth-order valence-electron chi connectivity index (χ4n) is 3.02. The van der Waals surface area contributed by atoms with Crippen LogP contribution in [0.3, 0.4) is 0 Å². The zero-order valence-corrected chi connectivity index (χ0v) is 10.6. The van der Waals surface area contributed by atoms with Crippen LogP contribution in [-0.4, -0.2) is 53.8 Å². The lowest BCUT2D eigenvalue weighted by molar-refractivity contribution is -0.122. The number of piperazine rings is 1. The Morgan fingerprint density at radius 3 is 2.19 bits per heavy atom. The van der Waals surface area contributed by atoms with Gasteiger partial charge in [0.15, 0.2) is 0 Å². The maximum atomic E-state index is 11.3. The van der Waals surface area contributed by atoms with Crippen LogP contribution in [0.1, 0.15) is 39.5 Å². The van der Waals surface area contributed by atoms with Gasteiger partial charge in [-0.3, -0.25) is 14.6 Å². The second kappa shape index (κ2) is 5.28. The van der Waals surface area contributed by atoms with E-state index in [9.17, 15) is 4.79 Å². The number of Topliss-reactive ketones (excluding diaryl/α,β-unsaturated/α-hetero) is 1. The summed E-state index contributed by atoms with van der Waals surface area (Å²) in [6.45, 7) is 8.18. The first-order valence-corrected chi connectivity index (χ1v) is 6.67. The van der Waals surface area contributed by atoms with E-state index in [1.54, 1.807) is 6.92 Å². The molecule has 1 saturated heterocycles. The molecular weight excluding hydrogens is 200 g/mol. The molecule has 0 amide bonds. The second-order valence-electron chi connectivity index (χ2n) is 5.30. The smallest absolute Gasteiger partial charge is 0.146 e. The summed E-state index contributed by atoms with van der Waals surface area (Å²) in [5.74, 6) is 0.300. The molecule has 3 heteroatoms. The van der Waals surface area contributed by atoms with Crippen molar-refractivity contribution in [2.24, 2.45) is 0 Å². The Morgan fingerprint density at radius 1 is 1.12 bits per heavy atom. The van der Waals surface area contributed by atoms with Gasteiger partial charge in [0.25, 0.3) is 0 Å². The van der Waals surface area contributed by atoms with Crippen molar-refractivity contribution >= 4 is 5.78 Å². The van der Waals surface area contributed by atoms with Crippen LogP contribution in [0.2, 0.25) is 0 Å². The normalized spacial score (nSPS) is 27.1. The van der Waals surface area contributed by atoms with Crippen LogP contribution in [-0.2, 0) is 4.79 Å². The average molecular weight is 224 g/mol. The number of ketones is 1. The summed E-state index contributed by atoms with van der Waals surface area (Å²) in [7, 11) is 0. The molecule has 1 atom stereocenters. The molecule has 2 rings (SSSR count). The highest BCUT2D eigenvalue weighted by atomic mass is 16.1. The summed E-state index contributed by atoms with van der Waals surface area (Å²) in [4.78, 5) is 16.3. The first-order chi connectivity index (χ1) is 7.68. The third-order valence-corrected chi connectivity index (χ3v) is 4.33. The summed E-state index contributed by atoms with van der Waals surface area (Å²) in [6, 6.07) is 0.959. The summed E-state index contributed by atoms with van der Waals surface area (Å²) >= 11 is 0. The Bertz CT molecular complexity index is 240. The van der Waals surface area contributed by atoms with Crippen molar-refractivity contribution in [2.75, 3.05) is 26.2 Å². The van der Waals surface area contributed by atoms with Crippen molar-refractivity contribution in [1.29, 1.82) is 0 Å². The first kappa shape index (κ1) is 12.1. The third kappa shape index (κ3) is 2.64. The fraction of sp³-hybridized carbons (Fsp3) is 0.923. The van der Waals surface area contributed by atoms with Crippen LogP contribution in [0.5, 0.6) is 0 Å². The predicted molar refractivity (Wildman–Crippen MR) is 65.5 cm³/mol. The van der Waals surface area contributed by atoms with E-state index < -0.39 is 0 Å². The standard InChI is InChI=1S/C13H24N2O/c1-11(12(2)16)14-7-9-15(10-8-14)13-5-3-4-6-13/h11,13H,3-10H2,1-2H3. The molecular formula is C13H24N2O. The lowest BCUT2D eigenvalue weighted by Gasteiger charge is -2.39. The highest BCUT2D eigenvalue weighted by Crippen LogP contribution is 2.24. The van der Waals surface area contributed by atoms with E-state index in [0.717, 1.165) is 32.2 Å². The second-order valence-corrected chi connectivity index (χ2v) is 5.30. The monoisotopic (exact) mass is 224 g/mol. The van der Waals surface area contributed by atoms with Gasteiger partial charge >= 0.3 is 0 Å². The molecule has 1 saturated carbocycles. The number of rotatable bonds is 3. The van der Waals surface area contributed by atoms with Gasteiger partial charge in [-0.25, -0.2) is 0 Å². The quantitative estimate of drug-likeness (QED) is 0.726. The Hall–Kier alpha value is -0.410. The van der Waals surface area contributed by atoms with Gasteiger partial charge < -0.3 is 0 Å². The van der Waals surface area contributed by atoms with Gasteiger partial charge in [0, 0.05) is 32.2 Å². The van der Waals surface area contributed by atoms with Crippen LogP contribution in [0.25, 0.3) is 0 Å². The van der Waals surface area contributed by atoms with E-state index in [4.69, 9.17) is 0 Å². The maximum absolute atomic E-state index is 11.3. The maximum Gasteiger partial charge on any atom is 0.146 e. The minimum atomic E-state index is 0.116. The molecule has 1 aliphatic heterocycles. The molecule has 16 heavy (non-hydrogen) atoms. The molecule has 2 aliphatic rings. The Kier molecular flexibility index (Phi) is 3.98. The summed E-state index contributed by atoms with van der Waals surface area (Å²) in [5, 5.41) is 0. The zero-order valence-electron chi connectivity index (χ0n) is 10.6. The van der Waals surface area contributed by atoms with E-state index in [0.29, 0.717) is 5.78 Å². The molecule has 2 fully saturated rings. The molecule has 1 aliphatic carbocycles. The Labute approximate surface area is 98.8 Å². The van der Waals surface area contributed by atoms with Crippen molar-refractivity contribution in [1.82, 2.24) is 9.80 Å². The molecule has 1 unspecified atom stereocenters. The Morgan fingerprint density at radius 2 is 1.69 bits per heavy atom. The van der Waals surface area contributed by atoms with E-state index in [1.807, 2.05) is 6.92 Å². The van der Waals surface area contributed by atoms with Crippen LogP contribution < -0.4 is 0 Å². The largest absolute Gasteiger partial charge is 0.298 e. The van der Waals surface area contributed by atoms with Crippen molar-refractivity contribution in [3.05, 3.63) is 0 Å². The molecule has 0 aromatic rings. The molecule has 3 nitrogen and oxygen atoms in total.